The van der Waals surface area contributed by atoms with E-state index in [-0.39, 0.29) is 27.8 Å². The summed E-state index contributed by atoms with van der Waals surface area (Å²) in [5.41, 5.74) is 24.2. The monoisotopic (exact) mass is 1390 g/mol. The van der Waals surface area contributed by atoms with E-state index in [1.54, 1.807) is 0 Å². The number of para-hydroxylation sites is 1. The van der Waals surface area contributed by atoms with Gasteiger partial charge in [0.25, 0.3) is 0 Å². The second kappa shape index (κ2) is 27.9. The quantitative estimate of drug-likeness (QED) is 0.0995. The Labute approximate surface area is 604 Å². The van der Waals surface area contributed by atoms with Gasteiger partial charge in [-0.2, -0.15) is 0 Å². The molecule has 0 saturated carbocycles. The van der Waals surface area contributed by atoms with Gasteiger partial charge in [0, 0.05) is 43.3 Å². The van der Waals surface area contributed by atoms with Crippen LogP contribution in [0, 0.1) is 0 Å². The highest BCUT2D eigenvalue weighted by molar-refractivity contribution is 9.10. The molecule has 0 bridgehead atoms. The average Bonchev–Trinajstić information content (AvgIpc) is 0.923. The molecular formula is C93H72BBrN2O5. The van der Waals surface area contributed by atoms with Crippen molar-refractivity contribution in [3.05, 3.63) is 365 Å². The lowest BCUT2D eigenvalue weighted by Crippen LogP contribution is -2.41. The summed E-state index contributed by atoms with van der Waals surface area (Å²) >= 11 is 3.44. The van der Waals surface area contributed by atoms with Gasteiger partial charge in [-0.05, 0) is 179 Å². The van der Waals surface area contributed by atoms with Gasteiger partial charge in [0.2, 0.25) is 5.43 Å². The van der Waals surface area contributed by atoms with Crippen LogP contribution < -0.4 is 10.9 Å². The van der Waals surface area contributed by atoms with E-state index >= 15 is 0 Å². The standard InChI is InChI=1S/C42H27NO2.C35H32BNO2.C16H13BrO/c44-42-36-19-7-8-20-40(36)45-41-22-21-33(25-37(41)42)31-16-9-15-30(23-31)32-17-10-18-34(24-32)39-27-35(28-11-3-1-4-12-28)26-38(43-39)29-13-5-2-6-14-29;1-34(2)35(3,4)39-36(38-34)31-20-12-18-28(22-31)27-17-11-19-29(21-27)33-24-30(25-13-7-5-8-14-25)23-32(37-33)26-15-9-6-10-16-26;1-16(2)13-6-4-3-5-11(13)15(18)12-9-10(17)7-8-14(12)16/h1-27H;5-24H,1-4H3;3-9H,1-2H3. The Morgan fingerprint density at radius 2 is 0.696 bits per heavy atom. The van der Waals surface area contributed by atoms with Crippen molar-refractivity contribution in [2.45, 2.75) is 58.2 Å². The average molecular weight is 1390 g/mol. The number of rotatable bonds is 10. The molecule has 0 atom stereocenters. The van der Waals surface area contributed by atoms with Crippen LogP contribution in [0.5, 0.6) is 0 Å². The van der Waals surface area contributed by atoms with E-state index in [2.05, 4.69) is 270 Å². The first kappa shape index (κ1) is 66.4. The minimum atomic E-state index is -0.393. The molecule has 494 valence electrons. The SMILES string of the molecule is CC1(C)OB(c2cccc(-c3cccc(-c4cc(-c5ccccc5)cc(-c5ccccc5)n4)c3)c2)OC1(C)C.CC1(C)c2ccccc2C(=O)c2cc(Br)ccc21.O=c1c2ccccc2oc2ccc(-c3cccc(-c4cccc(-c5cc(-c6ccccc6)cc(-c6ccccc6)n5)c4)c3)cc12. The summed E-state index contributed by atoms with van der Waals surface area (Å²) in [6.07, 6.45) is 0. The number of ketones is 1. The number of aromatic nitrogens is 2. The molecule has 0 amide bonds. The summed E-state index contributed by atoms with van der Waals surface area (Å²) in [6, 6.07) is 111. The maximum Gasteiger partial charge on any atom is 0.494 e. The summed E-state index contributed by atoms with van der Waals surface area (Å²) in [5, 5.41) is 1.17. The number of benzene rings is 12. The molecule has 1 fully saturated rings. The normalized spacial score (nSPS) is 13.8. The molecule has 2 aliphatic rings. The lowest BCUT2D eigenvalue weighted by molar-refractivity contribution is 0.00578. The van der Waals surface area contributed by atoms with Crippen molar-refractivity contribution in [1.82, 2.24) is 9.97 Å². The van der Waals surface area contributed by atoms with Crippen LogP contribution in [0.2, 0.25) is 0 Å². The first-order valence-electron chi connectivity index (χ1n) is 34.4. The van der Waals surface area contributed by atoms with Crippen LogP contribution in [0.25, 0.3) is 123 Å². The zero-order chi connectivity index (χ0) is 70.1. The van der Waals surface area contributed by atoms with E-state index < -0.39 is 7.12 Å². The van der Waals surface area contributed by atoms with Gasteiger partial charge >= 0.3 is 7.12 Å². The van der Waals surface area contributed by atoms with E-state index in [1.165, 1.54) is 5.56 Å². The molecule has 9 heteroatoms. The molecule has 1 aliphatic carbocycles. The topological polar surface area (TPSA) is 91.5 Å². The molecular weight excluding hydrogens is 1320 g/mol. The molecule has 15 aromatic rings. The van der Waals surface area contributed by atoms with E-state index in [4.69, 9.17) is 23.7 Å². The van der Waals surface area contributed by atoms with Crippen molar-refractivity contribution in [1.29, 1.82) is 0 Å². The molecule has 0 radical (unpaired) electrons. The number of carbonyl (C=O) groups excluding carboxylic acids is 1. The predicted octanol–water partition coefficient (Wildman–Crippen LogP) is 23.0. The van der Waals surface area contributed by atoms with Crippen LogP contribution in [0.4, 0.5) is 0 Å². The molecule has 12 aromatic carbocycles. The van der Waals surface area contributed by atoms with Crippen LogP contribution in [-0.4, -0.2) is 34.1 Å². The zero-order valence-electron chi connectivity index (χ0n) is 57.6. The summed E-state index contributed by atoms with van der Waals surface area (Å²) in [5.74, 6) is 0.126. The van der Waals surface area contributed by atoms with Crippen LogP contribution in [0.1, 0.15) is 68.6 Å². The molecule has 1 saturated heterocycles. The molecule has 102 heavy (non-hydrogen) atoms. The van der Waals surface area contributed by atoms with Crippen LogP contribution >= 0.6 is 15.9 Å². The number of hydrogen-bond donors (Lipinski definition) is 0. The van der Waals surface area contributed by atoms with Gasteiger partial charge in [0.1, 0.15) is 11.2 Å². The highest BCUT2D eigenvalue weighted by Crippen LogP contribution is 2.43. The van der Waals surface area contributed by atoms with E-state index in [0.29, 0.717) is 21.9 Å². The van der Waals surface area contributed by atoms with Crippen LogP contribution in [0.3, 0.4) is 0 Å². The Balaban J connectivity index is 0.000000134. The van der Waals surface area contributed by atoms with Gasteiger partial charge in [0.15, 0.2) is 5.78 Å². The Morgan fingerprint density at radius 3 is 1.23 bits per heavy atom. The summed E-state index contributed by atoms with van der Waals surface area (Å²) < 4.78 is 19.6. The number of carbonyl (C=O) groups is 1. The molecule has 0 N–H and O–H groups in total. The molecule has 17 rings (SSSR count). The molecule has 3 aromatic heterocycles. The fraction of sp³-hybridized carbons (Fsp3) is 0.0968. The Kier molecular flexibility index (Phi) is 18.2. The Bertz CT molecular complexity index is 5570. The van der Waals surface area contributed by atoms with Gasteiger partial charge in [0.05, 0.1) is 44.8 Å². The Hall–Kier alpha value is -11.5. The molecule has 0 spiro atoms. The highest BCUT2D eigenvalue weighted by atomic mass is 79.9. The molecule has 7 nitrogen and oxygen atoms in total. The first-order chi connectivity index (χ1) is 49.5. The van der Waals surface area contributed by atoms with Gasteiger partial charge in [-0.3, -0.25) is 9.59 Å². The number of nitrogens with zero attached hydrogens (tertiary/aromatic N) is 2. The van der Waals surface area contributed by atoms with Gasteiger partial charge < -0.3 is 13.7 Å². The molecule has 0 unspecified atom stereocenters. The second-order valence-electron chi connectivity index (χ2n) is 27.5. The predicted molar refractivity (Wildman–Crippen MR) is 423 cm³/mol. The number of fused-ring (bicyclic) bond motifs is 4. The summed E-state index contributed by atoms with van der Waals surface area (Å²) in [4.78, 5) is 36.0. The smallest absolute Gasteiger partial charge is 0.456 e. The summed E-state index contributed by atoms with van der Waals surface area (Å²) in [7, 11) is -0.393. The second-order valence-corrected chi connectivity index (χ2v) is 28.4. The highest BCUT2D eigenvalue weighted by Gasteiger charge is 2.51. The molecule has 1 aliphatic heterocycles. The number of pyridine rings is 2. The minimum Gasteiger partial charge on any atom is -0.456 e. The molecule has 4 heterocycles. The van der Waals surface area contributed by atoms with Gasteiger partial charge in [-0.15, -0.1) is 0 Å². The zero-order valence-corrected chi connectivity index (χ0v) is 59.2. The lowest BCUT2D eigenvalue weighted by atomic mass is 9.68. The summed E-state index contributed by atoms with van der Waals surface area (Å²) in [6.45, 7) is 12.7. The number of halogens is 1. The van der Waals surface area contributed by atoms with Crippen molar-refractivity contribution in [2.24, 2.45) is 0 Å². The van der Waals surface area contributed by atoms with Crippen LogP contribution in [-0.2, 0) is 14.7 Å². The lowest BCUT2D eigenvalue weighted by Gasteiger charge is -2.34. The van der Waals surface area contributed by atoms with E-state index in [9.17, 15) is 9.59 Å². The van der Waals surface area contributed by atoms with Crippen molar-refractivity contribution < 1.29 is 18.5 Å². The fourth-order valence-corrected chi connectivity index (χ4v) is 14.0. The third-order valence-electron chi connectivity index (χ3n) is 19.9. The van der Waals surface area contributed by atoms with Gasteiger partial charge in [-0.25, -0.2) is 9.97 Å². The largest absolute Gasteiger partial charge is 0.494 e. The van der Waals surface area contributed by atoms with Crippen molar-refractivity contribution in [2.75, 3.05) is 0 Å². The third-order valence-corrected chi connectivity index (χ3v) is 20.4. The van der Waals surface area contributed by atoms with E-state index in [1.807, 2.05) is 115 Å². The first-order valence-corrected chi connectivity index (χ1v) is 35.2. The minimum absolute atomic E-state index is 0.0161. The number of hydrogen-bond acceptors (Lipinski definition) is 7. The van der Waals surface area contributed by atoms with E-state index in [0.717, 1.165) is 127 Å². The fourth-order valence-electron chi connectivity index (χ4n) is 13.7. The van der Waals surface area contributed by atoms with Crippen molar-refractivity contribution >= 4 is 56.2 Å². The maximum absolute atomic E-state index is 13.3. The van der Waals surface area contributed by atoms with Gasteiger partial charge in [-0.1, -0.05) is 278 Å². The Morgan fingerprint density at radius 1 is 0.304 bits per heavy atom. The van der Waals surface area contributed by atoms with Crippen molar-refractivity contribution in [3.8, 4) is 101 Å². The third kappa shape index (κ3) is 13.6. The van der Waals surface area contributed by atoms with Crippen LogP contribution in [0.15, 0.2) is 341 Å². The van der Waals surface area contributed by atoms with Crippen molar-refractivity contribution in [3.63, 3.8) is 0 Å². The maximum atomic E-state index is 13.3.